The van der Waals surface area contributed by atoms with Crippen molar-refractivity contribution in [1.82, 2.24) is 10.2 Å². The third kappa shape index (κ3) is 3.37. The third-order valence-electron chi connectivity index (χ3n) is 4.39. The molecule has 0 amide bonds. The lowest BCUT2D eigenvalue weighted by Gasteiger charge is -2.47. The molecule has 0 aromatic heterocycles. The fourth-order valence-electron chi connectivity index (χ4n) is 3.14. The van der Waals surface area contributed by atoms with Crippen molar-refractivity contribution in [2.24, 2.45) is 0 Å². The highest BCUT2D eigenvalue weighted by molar-refractivity contribution is 5.22. The molecule has 1 aliphatic heterocycles. The van der Waals surface area contributed by atoms with Crippen LogP contribution in [0.5, 0.6) is 0 Å². The predicted octanol–water partition coefficient (Wildman–Crippen LogP) is 3.35. The van der Waals surface area contributed by atoms with E-state index in [0.717, 1.165) is 19.6 Å². The molecule has 106 valence electrons. The van der Waals surface area contributed by atoms with Crippen LogP contribution in [0.15, 0.2) is 24.3 Å². The lowest BCUT2D eigenvalue weighted by atomic mass is 9.91. The van der Waals surface area contributed by atoms with Crippen molar-refractivity contribution in [3.05, 3.63) is 35.4 Å². The Bertz CT molecular complexity index is 399. The van der Waals surface area contributed by atoms with Crippen LogP contribution in [0.1, 0.15) is 45.2 Å². The topological polar surface area (TPSA) is 15.3 Å². The van der Waals surface area contributed by atoms with Gasteiger partial charge >= 0.3 is 0 Å². The van der Waals surface area contributed by atoms with Crippen LogP contribution in [0.25, 0.3) is 0 Å². The molecule has 0 spiro atoms. The number of hydrogen-bond acceptors (Lipinski definition) is 2. The summed E-state index contributed by atoms with van der Waals surface area (Å²) in [5.41, 5.74) is 3.16. The number of hydrogen-bond donors (Lipinski definition) is 1. The first kappa shape index (κ1) is 14.5. The summed E-state index contributed by atoms with van der Waals surface area (Å²) in [6.07, 6.45) is 1.20. The van der Waals surface area contributed by atoms with Gasteiger partial charge in [-0.2, -0.15) is 0 Å². The highest BCUT2D eigenvalue weighted by Crippen LogP contribution is 2.31. The standard InChI is InChI=1S/C17H28N2/c1-14-6-8-15(9-7-14)12-19-16(2,3)10-11-18-13-17(19,4)5/h6-9,18H,10-13H2,1-5H3. The highest BCUT2D eigenvalue weighted by Gasteiger charge is 2.39. The van der Waals surface area contributed by atoms with Crippen molar-refractivity contribution in [1.29, 1.82) is 0 Å². The van der Waals surface area contributed by atoms with E-state index in [1.807, 2.05) is 0 Å². The molecule has 19 heavy (non-hydrogen) atoms. The van der Waals surface area contributed by atoms with Gasteiger partial charge < -0.3 is 5.32 Å². The summed E-state index contributed by atoms with van der Waals surface area (Å²) < 4.78 is 0. The van der Waals surface area contributed by atoms with E-state index in [0.29, 0.717) is 0 Å². The van der Waals surface area contributed by atoms with E-state index >= 15 is 0 Å². The summed E-state index contributed by atoms with van der Waals surface area (Å²) in [5, 5.41) is 3.58. The van der Waals surface area contributed by atoms with Gasteiger partial charge in [-0.15, -0.1) is 0 Å². The van der Waals surface area contributed by atoms with Gasteiger partial charge in [-0.3, -0.25) is 4.90 Å². The van der Waals surface area contributed by atoms with Gasteiger partial charge in [0.1, 0.15) is 0 Å². The molecular formula is C17H28N2. The maximum absolute atomic E-state index is 3.58. The minimum atomic E-state index is 0.185. The monoisotopic (exact) mass is 260 g/mol. The Morgan fingerprint density at radius 1 is 1.05 bits per heavy atom. The van der Waals surface area contributed by atoms with Crippen LogP contribution in [0.4, 0.5) is 0 Å². The molecule has 0 bridgehead atoms. The fourth-order valence-corrected chi connectivity index (χ4v) is 3.14. The molecule has 1 saturated heterocycles. The lowest BCUT2D eigenvalue weighted by Crippen LogP contribution is -2.56. The van der Waals surface area contributed by atoms with E-state index in [-0.39, 0.29) is 11.1 Å². The van der Waals surface area contributed by atoms with Gasteiger partial charge in [0.05, 0.1) is 0 Å². The van der Waals surface area contributed by atoms with Gasteiger partial charge in [0.25, 0.3) is 0 Å². The molecule has 2 nitrogen and oxygen atoms in total. The second kappa shape index (κ2) is 5.26. The van der Waals surface area contributed by atoms with Crippen LogP contribution < -0.4 is 5.32 Å². The summed E-state index contributed by atoms with van der Waals surface area (Å²) in [5.74, 6) is 0. The zero-order valence-corrected chi connectivity index (χ0v) is 13.1. The molecule has 1 aliphatic rings. The van der Waals surface area contributed by atoms with Crippen LogP contribution in [0.3, 0.4) is 0 Å². The quantitative estimate of drug-likeness (QED) is 0.877. The summed E-state index contributed by atoms with van der Waals surface area (Å²) >= 11 is 0. The number of nitrogens with zero attached hydrogens (tertiary/aromatic N) is 1. The molecule has 2 heteroatoms. The van der Waals surface area contributed by atoms with Crippen LogP contribution in [0.2, 0.25) is 0 Å². The molecule has 0 unspecified atom stereocenters. The van der Waals surface area contributed by atoms with Crippen LogP contribution >= 0.6 is 0 Å². The van der Waals surface area contributed by atoms with E-state index < -0.39 is 0 Å². The molecule has 1 aromatic carbocycles. The van der Waals surface area contributed by atoms with Gasteiger partial charge in [-0.25, -0.2) is 0 Å². The predicted molar refractivity (Wildman–Crippen MR) is 82.4 cm³/mol. The summed E-state index contributed by atoms with van der Waals surface area (Å²) in [6.45, 7) is 14.8. The van der Waals surface area contributed by atoms with E-state index in [2.05, 4.69) is 69.1 Å². The zero-order valence-electron chi connectivity index (χ0n) is 13.1. The molecule has 1 N–H and O–H groups in total. The first-order valence-corrected chi connectivity index (χ1v) is 7.35. The van der Waals surface area contributed by atoms with Crippen molar-refractivity contribution in [2.75, 3.05) is 13.1 Å². The van der Waals surface area contributed by atoms with Crippen molar-refractivity contribution in [3.8, 4) is 0 Å². The van der Waals surface area contributed by atoms with Gasteiger partial charge in [-0.05, 0) is 53.1 Å². The number of benzene rings is 1. The maximum Gasteiger partial charge on any atom is 0.0286 e. The number of nitrogens with one attached hydrogen (secondary N) is 1. The zero-order chi connectivity index (χ0) is 14.1. The number of rotatable bonds is 2. The minimum Gasteiger partial charge on any atom is -0.315 e. The Labute approximate surface area is 118 Å². The molecule has 0 aliphatic carbocycles. The lowest BCUT2D eigenvalue weighted by molar-refractivity contribution is 0.0192. The normalized spacial score (nSPS) is 23.0. The van der Waals surface area contributed by atoms with E-state index in [1.54, 1.807) is 0 Å². The van der Waals surface area contributed by atoms with Crippen molar-refractivity contribution in [2.45, 2.75) is 58.7 Å². The average molecular weight is 260 g/mol. The maximum atomic E-state index is 3.58. The van der Waals surface area contributed by atoms with Crippen molar-refractivity contribution in [3.63, 3.8) is 0 Å². The summed E-state index contributed by atoms with van der Waals surface area (Å²) in [7, 11) is 0. The fraction of sp³-hybridized carbons (Fsp3) is 0.647. The molecule has 1 heterocycles. The molecule has 1 fully saturated rings. The van der Waals surface area contributed by atoms with Gasteiger partial charge in [0.2, 0.25) is 0 Å². The minimum absolute atomic E-state index is 0.185. The van der Waals surface area contributed by atoms with Gasteiger partial charge in [0, 0.05) is 24.2 Å². The Morgan fingerprint density at radius 3 is 2.32 bits per heavy atom. The SMILES string of the molecule is Cc1ccc(CN2C(C)(C)CCNCC2(C)C)cc1. The Kier molecular flexibility index (Phi) is 4.03. The first-order chi connectivity index (χ1) is 8.81. The van der Waals surface area contributed by atoms with Gasteiger partial charge in [-0.1, -0.05) is 29.8 Å². The Morgan fingerprint density at radius 2 is 1.68 bits per heavy atom. The van der Waals surface area contributed by atoms with Crippen LogP contribution in [-0.4, -0.2) is 29.1 Å². The summed E-state index contributed by atoms with van der Waals surface area (Å²) in [6, 6.07) is 8.95. The van der Waals surface area contributed by atoms with E-state index in [4.69, 9.17) is 0 Å². The molecular weight excluding hydrogens is 232 g/mol. The van der Waals surface area contributed by atoms with Gasteiger partial charge in [0.15, 0.2) is 0 Å². The second-order valence-corrected chi connectivity index (χ2v) is 7.12. The molecule has 0 radical (unpaired) electrons. The average Bonchev–Trinajstić information content (AvgIpc) is 2.42. The van der Waals surface area contributed by atoms with Crippen molar-refractivity contribution >= 4 is 0 Å². The number of aryl methyl sites for hydroxylation is 1. The van der Waals surface area contributed by atoms with Crippen molar-refractivity contribution < 1.29 is 0 Å². The van der Waals surface area contributed by atoms with E-state index in [1.165, 1.54) is 17.5 Å². The molecule has 0 saturated carbocycles. The molecule has 2 rings (SSSR count). The molecule has 0 atom stereocenters. The largest absolute Gasteiger partial charge is 0.315 e. The smallest absolute Gasteiger partial charge is 0.0286 e. The van der Waals surface area contributed by atoms with Crippen LogP contribution in [0, 0.1) is 6.92 Å². The summed E-state index contributed by atoms with van der Waals surface area (Å²) in [4.78, 5) is 2.66. The van der Waals surface area contributed by atoms with E-state index in [9.17, 15) is 0 Å². The van der Waals surface area contributed by atoms with Crippen LogP contribution in [-0.2, 0) is 6.54 Å². The first-order valence-electron chi connectivity index (χ1n) is 7.35. The molecule has 1 aromatic rings. The second-order valence-electron chi connectivity index (χ2n) is 7.12. The Balaban J connectivity index is 2.24. The third-order valence-corrected chi connectivity index (χ3v) is 4.39. The Hall–Kier alpha value is -0.860. The highest BCUT2D eigenvalue weighted by atomic mass is 15.3.